The Kier molecular flexibility index (Phi) is 9.66. The van der Waals surface area contributed by atoms with Crippen molar-refractivity contribution in [3.8, 4) is 0 Å². The Balaban J connectivity index is 3.19. The van der Waals surface area contributed by atoms with Crippen LogP contribution in [0.1, 0.15) is 71.8 Å². The van der Waals surface area contributed by atoms with Gasteiger partial charge in [0.05, 0.1) is 0 Å². The van der Waals surface area contributed by atoms with Gasteiger partial charge in [0, 0.05) is 0 Å². The Hall–Kier alpha value is -0.281. The standard InChI is InChI=1S/C10H11O.3C4H9.Sn/c1-3-10(2,11)9-7-5-4-6-8-9;3*1-3-4-2;/h4-8,11H,1H2,2H3;3*1,3-4H2,2H3;. The number of rotatable bonds is 12. The van der Waals surface area contributed by atoms with Crippen LogP contribution in [0, 0.1) is 0 Å². The summed E-state index contributed by atoms with van der Waals surface area (Å²) in [5.74, 6) is 0. The van der Waals surface area contributed by atoms with Crippen LogP contribution in [0.4, 0.5) is 0 Å². The van der Waals surface area contributed by atoms with Crippen LogP contribution >= 0.6 is 0 Å². The molecule has 0 aliphatic rings. The van der Waals surface area contributed by atoms with E-state index in [2.05, 4.69) is 39.5 Å². The molecular weight excluding hydrogens is 399 g/mol. The van der Waals surface area contributed by atoms with Crippen molar-refractivity contribution in [3.05, 3.63) is 46.1 Å². The first kappa shape index (κ1) is 21.8. The molecule has 0 radical (unpaired) electrons. The zero-order valence-electron chi connectivity index (χ0n) is 16.4. The van der Waals surface area contributed by atoms with Crippen LogP contribution in [0.15, 0.2) is 40.5 Å². The molecule has 1 unspecified atom stereocenters. The third kappa shape index (κ3) is 5.62. The molecule has 1 N–H and O–H groups in total. The topological polar surface area (TPSA) is 20.2 Å². The molecule has 1 atom stereocenters. The van der Waals surface area contributed by atoms with Gasteiger partial charge in [0.25, 0.3) is 0 Å². The molecule has 136 valence electrons. The predicted octanol–water partition coefficient (Wildman–Crippen LogP) is 6.84. The number of benzene rings is 1. The first-order valence-electron chi connectivity index (χ1n) is 9.92. The van der Waals surface area contributed by atoms with E-state index in [1.165, 1.54) is 55.4 Å². The van der Waals surface area contributed by atoms with E-state index >= 15 is 0 Å². The molecule has 1 aromatic rings. The van der Waals surface area contributed by atoms with Gasteiger partial charge in [-0.25, -0.2) is 0 Å². The molecular formula is C22H38OSn. The molecule has 1 nitrogen and oxygen atoms in total. The maximum absolute atomic E-state index is 11.4. The molecule has 24 heavy (non-hydrogen) atoms. The van der Waals surface area contributed by atoms with Crippen molar-refractivity contribution in [1.29, 1.82) is 0 Å². The average Bonchev–Trinajstić information content (AvgIpc) is 2.61. The van der Waals surface area contributed by atoms with Gasteiger partial charge in [-0.2, -0.15) is 0 Å². The van der Waals surface area contributed by atoms with Crippen molar-refractivity contribution in [3.63, 3.8) is 0 Å². The van der Waals surface area contributed by atoms with Crippen LogP contribution < -0.4 is 0 Å². The van der Waals surface area contributed by atoms with Crippen LogP contribution in [0.25, 0.3) is 0 Å². The second-order valence-corrected chi connectivity index (χ2v) is 20.8. The molecule has 0 heterocycles. The Labute approximate surface area is 154 Å². The quantitative estimate of drug-likeness (QED) is 0.355. The van der Waals surface area contributed by atoms with Crippen molar-refractivity contribution in [2.24, 2.45) is 0 Å². The van der Waals surface area contributed by atoms with E-state index in [1.54, 1.807) is 0 Å². The van der Waals surface area contributed by atoms with Gasteiger partial charge >= 0.3 is 155 Å². The zero-order valence-corrected chi connectivity index (χ0v) is 19.3. The van der Waals surface area contributed by atoms with E-state index < -0.39 is 24.0 Å². The van der Waals surface area contributed by atoms with Gasteiger partial charge in [-0.1, -0.05) is 0 Å². The van der Waals surface area contributed by atoms with Gasteiger partial charge in [-0.3, -0.25) is 0 Å². The van der Waals surface area contributed by atoms with Crippen molar-refractivity contribution < 1.29 is 5.11 Å². The molecule has 2 heteroatoms. The normalized spacial score (nSPS) is 14.4. The van der Waals surface area contributed by atoms with Gasteiger partial charge in [-0.15, -0.1) is 0 Å². The third-order valence-corrected chi connectivity index (χ3v) is 21.9. The van der Waals surface area contributed by atoms with Crippen LogP contribution in [0.5, 0.6) is 0 Å². The maximum atomic E-state index is 11.4. The average molecular weight is 437 g/mol. The molecule has 1 rings (SSSR count). The number of aliphatic hydroxyl groups is 1. The number of hydrogen-bond donors (Lipinski definition) is 1. The van der Waals surface area contributed by atoms with Crippen LogP contribution in [-0.4, -0.2) is 23.5 Å². The van der Waals surface area contributed by atoms with E-state index in [4.69, 9.17) is 0 Å². The summed E-state index contributed by atoms with van der Waals surface area (Å²) in [7, 11) is 0. The Morgan fingerprint density at radius 2 is 1.33 bits per heavy atom. The summed E-state index contributed by atoms with van der Waals surface area (Å²) in [4.78, 5) is 0. The second-order valence-electron chi connectivity index (χ2n) is 7.51. The molecule has 1 aromatic carbocycles. The Bertz CT molecular complexity index is 456. The SMILES string of the molecule is C=[C](C(C)(O)c1ccccc1)[Sn]([CH2]CCC)([CH2]CCC)[CH2]CCC. The number of hydrogen-bond acceptors (Lipinski definition) is 1. The minimum atomic E-state index is -2.64. The van der Waals surface area contributed by atoms with Crippen LogP contribution in [0.3, 0.4) is 0 Å². The summed E-state index contributed by atoms with van der Waals surface area (Å²) in [6, 6.07) is 10.2. The van der Waals surface area contributed by atoms with E-state index in [0.29, 0.717) is 0 Å². The molecule has 0 amide bonds. The summed E-state index contributed by atoms with van der Waals surface area (Å²) < 4.78 is 5.30. The summed E-state index contributed by atoms with van der Waals surface area (Å²) >= 11 is -2.64. The second kappa shape index (κ2) is 10.7. The van der Waals surface area contributed by atoms with Crippen molar-refractivity contribution >= 4 is 18.4 Å². The van der Waals surface area contributed by atoms with E-state index in [0.717, 1.165) is 5.56 Å². The first-order valence-corrected chi connectivity index (χ1v) is 17.4. The summed E-state index contributed by atoms with van der Waals surface area (Å²) in [6.45, 7) is 13.4. The molecule has 0 fully saturated rings. The minimum absolute atomic E-state index is 0.868. The molecule has 0 bridgehead atoms. The summed E-state index contributed by atoms with van der Waals surface area (Å²) in [5, 5.41) is 11.4. The zero-order chi connectivity index (χ0) is 18.1. The Morgan fingerprint density at radius 1 is 0.917 bits per heavy atom. The fourth-order valence-corrected chi connectivity index (χ4v) is 20.7. The molecule has 0 spiro atoms. The van der Waals surface area contributed by atoms with Gasteiger partial charge < -0.3 is 0 Å². The van der Waals surface area contributed by atoms with E-state index in [9.17, 15) is 5.11 Å². The molecule has 0 aliphatic heterocycles. The molecule has 0 saturated heterocycles. The van der Waals surface area contributed by atoms with E-state index in [1.807, 2.05) is 25.1 Å². The van der Waals surface area contributed by atoms with Crippen LogP contribution in [0.2, 0.25) is 13.3 Å². The van der Waals surface area contributed by atoms with Gasteiger partial charge in [0.1, 0.15) is 0 Å². The van der Waals surface area contributed by atoms with Crippen molar-refractivity contribution in [2.45, 2.75) is 85.1 Å². The molecule has 0 saturated carbocycles. The first-order chi connectivity index (χ1) is 11.4. The van der Waals surface area contributed by atoms with E-state index in [-0.39, 0.29) is 0 Å². The van der Waals surface area contributed by atoms with Crippen molar-refractivity contribution in [2.75, 3.05) is 0 Å². The monoisotopic (exact) mass is 438 g/mol. The predicted molar refractivity (Wildman–Crippen MR) is 110 cm³/mol. The van der Waals surface area contributed by atoms with Crippen molar-refractivity contribution in [1.82, 2.24) is 0 Å². The fraction of sp³-hybridized carbons (Fsp3) is 0.636. The molecule has 0 aliphatic carbocycles. The summed E-state index contributed by atoms with van der Waals surface area (Å²) in [6.07, 6.45) is 7.64. The molecule has 0 aromatic heterocycles. The summed E-state index contributed by atoms with van der Waals surface area (Å²) in [5.41, 5.74) is 0.146. The fourth-order valence-electron chi connectivity index (χ4n) is 3.83. The van der Waals surface area contributed by atoms with Gasteiger partial charge in [0.2, 0.25) is 0 Å². The number of unbranched alkanes of at least 4 members (excludes halogenated alkanes) is 3. The van der Waals surface area contributed by atoms with Crippen LogP contribution in [-0.2, 0) is 5.60 Å². The van der Waals surface area contributed by atoms with Gasteiger partial charge in [-0.05, 0) is 0 Å². The van der Waals surface area contributed by atoms with Gasteiger partial charge in [0.15, 0.2) is 0 Å². The third-order valence-electron chi connectivity index (χ3n) is 5.59. The Morgan fingerprint density at radius 3 is 1.71 bits per heavy atom.